The van der Waals surface area contributed by atoms with E-state index in [-0.39, 0.29) is 0 Å². The van der Waals surface area contributed by atoms with E-state index >= 15 is 0 Å². The summed E-state index contributed by atoms with van der Waals surface area (Å²) in [6.45, 7) is 5.17. The maximum Gasteiger partial charge on any atom is 0.163 e. The van der Waals surface area contributed by atoms with E-state index in [0.717, 1.165) is 42.4 Å². The maximum atomic E-state index is 5.59. The van der Waals surface area contributed by atoms with E-state index in [1.807, 2.05) is 35.1 Å². The van der Waals surface area contributed by atoms with Crippen molar-refractivity contribution < 1.29 is 9.47 Å². The van der Waals surface area contributed by atoms with Gasteiger partial charge >= 0.3 is 0 Å². The lowest BCUT2D eigenvalue weighted by atomic mass is 10.2. The van der Waals surface area contributed by atoms with Crippen molar-refractivity contribution in [1.82, 2.24) is 15.1 Å². The van der Waals surface area contributed by atoms with Crippen LogP contribution in [0.4, 0.5) is 0 Å². The highest BCUT2D eigenvalue weighted by Gasteiger charge is 2.12. The van der Waals surface area contributed by atoms with Crippen molar-refractivity contribution in [3.8, 4) is 17.2 Å². The van der Waals surface area contributed by atoms with Gasteiger partial charge in [0.1, 0.15) is 13.2 Å². The van der Waals surface area contributed by atoms with Crippen LogP contribution in [0, 0.1) is 0 Å². The van der Waals surface area contributed by atoms with E-state index in [2.05, 4.69) is 17.3 Å². The predicted octanol–water partition coefficient (Wildman–Crippen LogP) is 2.14. The summed E-state index contributed by atoms with van der Waals surface area (Å²) in [5.41, 5.74) is 2.02. The van der Waals surface area contributed by atoms with Gasteiger partial charge in [-0.25, -0.2) is 4.68 Å². The number of rotatable bonds is 5. The molecule has 0 aliphatic carbocycles. The van der Waals surface area contributed by atoms with E-state index in [1.54, 1.807) is 0 Å². The fourth-order valence-corrected chi connectivity index (χ4v) is 2.17. The summed E-state index contributed by atoms with van der Waals surface area (Å²) < 4.78 is 13.0. The Hall–Kier alpha value is -2.01. The molecule has 0 fully saturated rings. The molecular weight excluding hydrogens is 254 g/mol. The third-order valence-electron chi connectivity index (χ3n) is 3.17. The number of nitrogens with zero attached hydrogens (tertiary/aromatic N) is 2. The van der Waals surface area contributed by atoms with Gasteiger partial charge in [0.25, 0.3) is 0 Å². The highest BCUT2D eigenvalue weighted by Crippen LogP contribution is 2.31. The normalized spacial score (nSPS) is 13.4. The molecule has 0 spiro atoms. The number of benzene rings is 1. The zero-order valence-corrected chi connectivity index (χ0v) is 11.6. The van der Waals surface area contributed by atoms with Crippen LogP contribution in [-0.2, 0) is 6.54 Å². The minimum atomic E-state index is 0.599. The summed E-state index contributed by atoms with van der Waals surface area (Å²) in [6.07, 6.45) is 3.09. The monoisotopic (exact) mass is 273 g/mol. The van der Waals surface area contributed by atoms with E-state index in [1.165, 1.54) is 0 Å². The smallest absolute Gasteiger partial charge is 0.163 e. The molecule has 0 atom stereocenters. The van der Waals surface area contributed by atoms with E-state index in [4.69, 9.17) is 9.47 Å². The SMILES string of the molecule is CCCNCc1ccn(-c2ccc3c(c2)OCCO3)n1. The Morgan fingerprint density at radius 1 is 1.20 bits per heavy atom. The molecule has 3 rings (SSSR count). The molecular formula is C15H19N3O2. The molecule has 20 heavy (non-hydrogen) atoms. The first-order valence-corrected chi connectivity index (χ1v) is 7.02. The van der Waals surface area contributed by atoms with Crippen molar-refractivity contribution in [2.75, 3.05) is 19.8 Å². The predicted molar refractivity (Wildman–Crippen MR) is 76.6 cm³/mol. The van der Waals surface area contributed by atoms with Gasteiger partial charge in [0.2, 0.25) is 0 Å². The summed E-state index contributed by atoms with van der Waals surface area (Å²) in [5.74, 6) is 1.59. The zero-order chi connectivity index (χ0) is 13.8. The second-order valence-corrected chi connectivity index (χ2v) is 4.76. The first-order valence-electron chi connectivity index (χ1n) is 7.02. The van der Waals surface area contributed by atoms with E-state index < -0.39 is 0 Å². The van der Waals surface area contributed by atoms with Crippen molar-refractivity contribution >= 4 is 0 Å². The summed E-state index contributed by atoms with van der Waals surface area (Å²) in [6, 6.07) is 7.91. The second-order valence-electron chi connectivity index (χ2n) is 4.76. The Bertz CT molecular complexity index is 580. The molecule has 2 heterocycles. The Kier molecular flexibility index (Phi) is 3.87. The van der Waals surface area contributed by atoms with Crippen LogP contribution in [0.15, 0.2) is 30.5 Å². The van der Waals surface area contributed by atoms with Gasteiger partial charge in [-0.2, -0.15) is 5.10 Å². The minimum absolute atomic E-state index is 0.599. The average molecular weight is 273 g/mol. The van der Waals surface area contributed by atoms with Crippen LogP contribution >= 0.6 is 0 Å². The molecule has 5 nitrogen and oxygen atoms in total. The van der Waals surface area contributed by atoms with Crippen molar-refractivity contribution in [1.29, 1.82) is 0 Å². The number of hydrogen-bond acceptors (Lipinski definition) is 4. The molecule has 0 saturated carbocycles. The van der Waals surface area contributed by atoms with Crippen molar-refractivity contribution in [3.05, 3.63) is 36.2 Å². The van der Waals surface area contributed by atoms with Gasteiger partial charge in [0, 0.05) is 18.8 Å². The Balaban J connectivity index is 1.75. The first kappa shape index (κ1) is 13.0. The third kappa shape index (κ3) is 2.77. The zero-order valence-electron chi connectivity index (χ0n) is 11.6. The Morgan fingerprint density at radius 3 is 2.90 bits per heavy atom. The second kappa shape index (κ2) is 5.96. The molecule has 0 amide bonds. The fraction of sp³-hybridized carbons (Fsp3) is 0.400. The molecule has 0 radical (unpaired) electrons. The van der Waals surface area contributed by atoms with Crippen LogP contribution in [0.2, 0.25) is 0 Å². The summed E-state index contributed by atoms with van der Waals surface area (Å²) in [5, 5.41) is 7.90. The summed E-state index contributed by atoms with van der Waals surface area (Å²) in [7, 11) is 0. The molecule has 2 aromatic rings. The lowest BCUT2D eigenvalue weighted by molar-refractivity contribution is 0.171. The van der Waals surface area contributed by atoms with E-state index in [0.29, 0.717) is 13.2 Å². The third-order valence-corrected chi connectivity index (χ3v) is 3.17. The van der Waals surface area contributed by atoms with Gasteiger partial charge in [-0.1, -0.05) is 6.92 Å². The number of fused-ring (bicyclic) bond motifs is 1. The minimum Gasteiger partial charge on any atom is -0.486 e. The molecule has 0 saturated heterocycles. The maximum absolute atomic E-state index is 5.59. The molecule has 1 aliphatic rings. The van der Waals surface area contributed by atoms with Crippen LogP contribution in [0.5, 0.6) is 11.5 Å². The number of hydrogen-bond donors (Lipinski definition) is 1. The Labute approximate surface area is 118 Å². The molecule has 1 aromatic heterocycles. The highest BCUT2D eigenvalue weighted by atomic mass is 16.6. The highest BCUT2D eigenvalue weighted by molar-refractivity contribution is 5.49. The van der Waals surface area contributed by atoms with Crippen LogP contribution in [0.25, 0.3) is 5.69 Å². The van der Waals surface area contributed by atoms with Crippen molar-refractivity contribution in [2.45, 2.75) is 19.9 Å². The average Bonchev–Trinajstić information content (AvgIpc) is 2.96. The van der Waals surface area contributed by atoms with Gasteiger partial charge in [0.05, 0.1) is 11.4 Å². The van der Waals surface area contributed by atoms with Gasteiger partial charge in [-0.05, 0) is 31.2 Å². The van der Waals surface area contributed by atoms with Gasteiger partial charge in [-0.3, -0.25) is 0 Å². The number of ether oxygens (including phenoxy) is 2. The molecule has 0 unspecified atom stereocenters. The standard InChI is InChI=1S/C15H19N3O2/c1-2-6-16-11-12-5-7-18(17-12)13-3-4-14-15(10-13)20-9-8-19-14/h3-5,7,10,16H,2,6,8-9,11H2,1H3. The van der Waals surface area contributed by atoms with Gasteiger partial charge in [0.15, 0.2) is 11.5 Å². The molecule has 1 aromatic carbocycles. The molecule has 5 heteroatoms. The molecule has 106 valence electrons. The van der Waals surface area contributed by atoms with Crippen molar-refractivity contribution in [2.24, 2.45) is 0 Å². The van der Waals surface area contributed by atoms with Gasteiger partial charge in [-0.15, -0.1) is 0 Å². The number of nitrogens with one attached hydrogen (secondary N) is 1. The molecule has 0 bridgehead atoms. The summed E-state index contributed by atoms with van der Waals surface area (Å²) in [4.78, 5) is 0. The quantitative estimate of drug-likeness (QED) is 0.848. The largest absolute Gasteiger partial charge is 0.486 e. The fourth-order valence-electron chi connectivity index (χ4n) is 2.17. The van der Waals surface area contributed by atoms with Crippen LogP contribution < -0.4 is 14.8 Å². The van der Waals surface area contributed by atoms with Crippen LogP contribution in [-0.4, -0.2) is 29.5 Å². The molecule has 1 N–H and O–H groups in total. The Morgan fingerprint density at radius 2 is 2.05 bits per heavy atom. The van der Waals surface area contributed by atoms with E-state index in [9.17, 15) is 0 Å². The van der Waals surface area contributed by atoms with Crippen molar-refractivity contribution in [3.63, 3.8) is 0 Å². The molecule has 1 aliphatic heterocycles. The lowest BCUT2D eigenvalue weighted by Gasteiger charge is -2.18. The lowest BCUT2D eigenvalue weighted by Crippen LogP contribution is -2.15. The van der Waals surface area contributed by atoms with Crippen LogP contribution in [0.1, 0.15) is 19.0 Å². The summed E-state index contributed by atoms with van der Waals surface area (Å²) >= 11 is 0. The van der Waals surface area contributed by atoms with Crippen LogP contribution in [0.3, 0.4) is 0 Å². The number of aromatic nitrogens is 2. The first-order chi connectivity index (χ1) is 9.86. The topological polar surface area (TPSA) is 48.3 Å². The van der Waals surface area contributed by atoms with Gasteiger partial charge < -0.3 is 14.8 Å².